The molecule has 3 nitrogen and oxygen atoms in total. The first-order chi connectivity index (χ1) is 15.0. The maximum absolute atomic E-state index is 13.8. The van der Waals surface area contributed by atoms with Crippen LogP contribution in [0.25, 0.3) is 0 Å². The largest absolute Gasteiger partial charge is 0.356 e. The van der Waals surface area contributed by atoms with Crippen molar-refractivity contribution in [2.45, 2.75) is 58.3 Å². The Bertz CT molecular complexity index is 837. The molecule has 2 aromatic carbocycles. The molecular weight excluding hydrogens is 394 g/mol. The summed E-state index contributed by atoms with van der Waals surface area (Å²) >= 11 is 0. The van der Waals surface area contributed by atoms with Gasteiger partial charge in [-0.2, -0.15) is 0 Å². The second kappa shape index (κ2) is 11.4. The molecule has 1 N–H and O–H groups in total. The van der Waals surface area contributed by atoms with Gasteiger partial charge in [-0.1, -0.05) is 30.7 Å². The molecule has 1 heterocycles. The van der Waals surface area contributed by atoms with Gasteiger partial charge in [-0.25, -0.2) is 8.78 Å². The molecule has 0 bridgehead atoms. The average Bonchev–Trinajstić information content (AvgIpc) is 2.73. The summed E-state index contributed by atoms with van der Waals surface area (Å²) in [4.78, 5) is 15.2. The summed E-state index contributed by atoms with van der Waals surface area (Å²) in [6.07, 6.45) is 4.93. The van der Waals surface area contributed by atoms with E-state index in [-0.39, 0.29) is 23.8 Å². The Kier molecular flexibility index (Phi) is 8.59. The van der Waals surface area contributed by atoms with Gasteiger partial charge in [0.05, 0.1) is 0 Å². The zero-order valence-corrected chi connectivity index (χ0v) is 18.7. The summed E-state index contributed by atoms with van der Waals surface area (Å²) in [7, 11) is 0. The van der Waals surface area contributed by atoms with Crippen LogP contribution in [0, 0.1) is 25.5 Å². The van der Waals surface area contributed by atoms with E-state index in [1.54, 1.807) is 0 Å². The van der Waals surface area contributed by atoms with Gasteiger partial charge in [0, 0.05) is 31.0 Å². The monoisotopic (exact) mass is 428 g/mol. The number of nitrogens with zero attached hydrogens (tertiary/aromatic N) is 1. The molecular formula is C26H34F2N2O. The number of likely N-dealkylation sites (tertiary alicyclic amines) is 1. The molecule has 1 aliphatic rings. The summed E-state index contributed by atoms with van der Waals surface area (Å²) in [5, 5.41) is 2.97. The van der Waals surface area contributed by atoms with Gasteiger partial charge in [0.1, 0.15) is 11.6 Å². The molecule has 2 aromatic rings. The third-order valence-corrected chi connectivity index (χ3v) is 6.30. The Morgan fingerprint density at radius 2 is 1.61 bits per heavy atom. The van der Waals surface area contributed by atoms with Crippen molar-refractivity contribution in [2.24, 2.45) is 0 Å². The molecule has 1 atom stereocenters. The molecule has 0 radical (unpaired) electrons. The number of amides is 1. The number of carbonyl (C=O) groups excluding carboxylic acids is 1. The SMILES string of the molecule is Cc1cccc(C)c1C(CC(=O)NCCCc1c(F)cccc1F)CN1CCCCC1. The second-order valence-electron chi connectivity index (χ2n) is 8.72. The lowest BCUT2D eigenvalue weighted by Gasteiger charge is -2.31. The minimum absolute atomic E-state index is 0.00123. The summed E-state index contributed by atoms with van der Waals surface area (Å²) in [5.41, 5.74) is 3.82. The Morgan fingerprint density at radius 1 is 1.00 bits per heavy atom. The predicted molar refractivity (Wildman–Crippen MR) is 121 cm³/mol. The molecule has 1 amide bonds. The number of piperidine rings is 1. The summed E-state index contributed by atoms with van der Waals surface area (Å²) < 4.78 is 27.5. The highest BCUT2D eigenvalue weighted by Crippen LogP contribution is 2.28. The first kappa shape index (κ1) is 23.4. The third-order valence-electron chi connectivity index (χ3n) is 6.30. The lowest BCUT2D eigenvalue weighted by atomic mass is 9.87. The number of hydrogen-bond donors (Lipinski definition) is 1. The van der Waals surface area contributed by atoms with Crippen molar-refractivity contribution < 1.29 is 13.6 Å². The Labute approximate surface area is 184 Å². The molecule has 31 heavy (non-hydrogen) atoms. The fourth-order valence-corrected chi connectivity index (χ4v) is 4.74. The maximum Gasteiger partial charge on any atom is 0.220 e. The first-order valence-electron chi connectivity index (χ1n) is 11.4. The molecule has 1 unspecified atom stereocenters. The van der Waals surface area contributed by atoms with Crippen LogP contribution in [-0.2, 0) is 11.2 Å². The van der Waals surface area contributed by atoms with Gasteiger partial charge in [-0.15, -0.1) is 0 Å². The summed E-state index contributed by atoms with van der Waals surface area (Å²) in [5.74, 6) is -0.909. The van der Waals surface area contributed by atoms with Crippen LogP contribution in [0.3, 0.4) is 0 Å². The minimum atomic E-state index is -0.525. The Balaban J connectivity index is 1.58. The third kappa shape index (κ3) is 6.60. The number of hydrogen-bond acceptors (Lipinski definition) is 2. The number of benzene rings is 2. The number of rotatable bonds is 9. The molecule has 0 aromatic heterocycles. The van der Waals surface area contributed by atoms with E-state index in [1.165, 1.54) is 54.2 Å². The smallest absolute Gasteiger partial charge is 0.220 e. The van der Waals surface area contributed by atoms with Crippen LogP contribution in [0.1, 0.15) is 60.3 Å². The van der Waals surface area contributed by atoms with Crippen molar-refractivity contribution in [2.75, 3.05) is 26.2 Å². The van der Waals surface area contributed by atoms with Gasteiger partial charge in [-0.05, 0) is 81.4 Å². The molecule has 0 spiro atoms. The highest BCUT2D eigenvalue weighted by atomic mass is 19.1. The quantitative estimate of drug-likeness (QED) is 0.551. The second-order valence-corrected chi connectivity index (χ2v) is 8.72. The van der Waals surface area contributed by atoms with Crippen molar-refractivity contribution >= 4 is 5.91 Å². The minimum Gasteiger partial charge on any atom is -0.356 e. The fraction of sp³-hybridized carbons (Fsp3) is 0.500. The zero-order chi connectivity index (χ0) is 22.2. The lowest BCUT2D eigenvalue weighted by molar-refractivity contribution is -0.121. The molecule has 1 aliphatic heterocycles. The molecule has 0 saturated carbocycles. The molecule has 0 aliphatic carbocycles. The van der Waals surface area contributed by atoms with Crippen molar-refractivity contribution in [3.05, 3.63) is 70.3 Å². The van der Waals surface area contributed by atoms with E-state index in [1.807, 2.05) is 0 Å². The standard InChI is InChI=1S/C26H34F2N2O/c1-19-9-6-10-20(2)26(19)21(18-30-15-4-3-5-16-30)17-25(31)29-14-8-11-22-23(27)12-7-13-24(22)28/h6-7,9-10,12-13,21H,3-5,8,11,14-18H2,1-2H3,(H,29,31). The Morgan fingerprint density at radius 3 is 2.26 bits per heavy atom. The molecule has 3 rings (SSSR count). The average molecular weight is 429 g/mol. The van der Waals surface area contributed by atoms with E-state index in [0.29, 0.717) is 19.4 Å². The van der Waals surface area contributed by atoms with E-state index < -0.39 is 11.6 Å². The number of nitrogens with one attached hydrogen (secondary N) is 1. The van der Waals surface area contributed by atoms with Crippen LogP contribution in [0.4, 0.5) is 8.78 Å². The molecule has 1 saturated heterocycles. The van der Waals surface area contributed by atoms with Crippen LogP contribution in [0.2, 0.25) is 0 Å². The van der Waals surface area contributed by atoms with Gasteiger partial charge in [0.15, 0.2) is 0 Å². The van der Waals surface area contributed by atoms with Crippen molar-refractivity contribution in [1.29, 1.82) is 0 Å². The van der Waals surface area contributed by atoms with Crippen LogP contribution in [-0.4, -0.2) is 37.0 Å². The van der Waals surface area contributed by atoms with Gasteiger partial charge < -0.3 is 10.2 Å². The van der Waals surface area contributed by atoms with Crippen LogP contribution in [0.15, 0.2) is 36.4 Å². The van der Waals surface area contributed by atoms with Gasteiger partial charge in [-0.3, -0.25) is 4.79 Å². The lowest BCUT2D eigenvalue weighted by Crippen LogP contribution is -2.36. The van der Waals surface area contributed by atoms with Crippen molar-refractivity contribution in [3.8, 4) is 0 Å². The molecule has 5 heteroatoms. The fourth-order valence-electron chi connectivity index (χ4n) is 4.74. The number of aryl methyl sites for hydroxylation is 2. The first-order valence-corrected chi connectivity index (χ1v) is 11.4. The molecule has 168 valence electrons. The number of carbonyl (C=O) groups is 1. The van der Waals surface area contributed by atoms with Crippen LogP contribution >= 0.6 is 0 Å². The Hall–Kier alpha value is -2.27. The highest BCUT2D eigenvalue weighted by Gasteiger charge is 2.23. The topological polar surface area (TPSA) is 32.3 Å². The van der Waals surface area contributed by atoms with E-state index in [4.69, 9.17) is 0 Å². The summed E-state index contributed by atoms with van der Waals surface area (Å²) in [6.45, 7) is 7.72. The van der Waals surface area contributed by atoms with E-state index >= 15 is 0 Å². The van der Waals surface area contributed by atoms with Gasteiger partial charge >= 0.3 is 0 Å². The summed E-state index contributed by atoms with van der Waals surface area (Å²) in [6, 6.07) is 10.2. The van der Waals surface area contributed by atoms with E-state index in [9.17, 15) is 13.6 Å². The van der Waals surface area contributed by atoms with E-state index in [0.717, 1.165) is 19.6 Å². The van der Waals surface area contributed by atoms with Crippen molar-refractivity contribution in [1.82, 2.24) is 10.2 Å². The number of halogens is 2. The van der Waals surface area contributed by atoms with Crippen LogP contribution in [0.5, 0.6) is 0 Å². The van der Waals surface area contributed by atoms with Gasteiger partial charge in [0.25, 0.3) is 0 Å². The van der Waals surface area contributed by atoms with Crippen molar-refractivity contribution in [3.63, 3.8) is 0 Å². The zero-order valence-electron chi connectivity index (χ0n) is 18.7. The normalized spacial score (nSPS) is 15.6. The highest BCUT2D eigenvalue weighted by molar-refractivity contribution is 5.77. The maximum atomic E-state index is 13.8. The predicted octanol–water partition coefficient (Wildman–Crippen LogP) is 5.29. The van der Waals surface area contributed by atoms with Crippen LogP contribution < -0.4 is 5.32 Å². The van der Waals surface area contributed by atoms with E-state index in [2.05, 4.69) is 42.3 Å². The molecule has 1 fully saturated rings. The van der Waals surface area contributed by atoms with Gasteiger partial charge in [0.2, 0.25) is 5.91 Å².